The fraction of sp³-hybridized carbons (Fsp3) is 0.593. The summed E-state index contributed by atoms with van der Waals surface area (Å²) in [5.74, 6) is 0.293. The van der Waals surface area contributed by atoms with Gasteiger partial charge >= 0.3 is 0 Å². The molecule has 2 aliphatic carbocycles. The minimum atomic E-state index is -0.476. The first-order valence-corrected chi connectivity index (χ1v) is 11.8. The first kappa shape index (κ1) is 22.8. The van der Waals surface area contributed by atoms with Crippen molar-refractivity contribution >= 4 is 11.6 Å². The molecule has 168 valence electrons. The van der Waals surface area contributed by atoms with Crippen LogP contribution < -0.4 is 0 Å². The van der Waals surface area contributed by atoms with Crippen molar-refractivity contribution in [2.24, 2.45) is 5.41 Å². The zero-order chi connectivity index (χ0) is 21.3. The van der Waals surface area contributed by atoms with Crippen LogP contribution in [0.25, 0.3) is 0 Å². The molecule has 5 rings (SSSR count). The summed E-state index contributed by atoms with van der Waals surface area (Å²) in [7, 11) is 0. The molecule has 1 aliphatic heterocycles. The van der Waals surface area contributed by atoms with E-state index < -0.39 is 6.10 Å². The molecule has 3 nitrogen and oxygen atoms in total. The van der Waals surface area contributed by atoms with Crippen LogP contribution in [0.15, 0.2) is 24.3 Å². The number of hydrogen-bond acceptors (Lipinski definition) is 3. The lowest BCUT2D eigenvalue weighted by Gasteiger charge is -2.38. The topological polar surface area (TPSA) is 42.4 Å². The van der Waals surface area contributed by atoms with E-state index in [4.69, 9.17) is 21.3 Å². The van der Waals surface area contributed by atoms with Crippen LogP contribution in [0.3, 0.4) is 0 Å². The Morgan fingerprint density at radius 1 is 1.10 bits per heavy atom. The predicted molar refractivity (Wildman–Crippen MR) is 127 cm³/mol. The molecule has 1 fully saturated rings. The third-order valence-corrected chi connectivity index (χ3v) is 7.55. The Morgan fingerprint density at radius 2 is 1.74 bits per heavy atom. The number of fused-ring (bicyclic) bond motifs is 4. The van der Waals surface area contributed by atoms with E-state index in [1.165, 1.54) is 24.0 Å². The molecule has 2 aromatic rings. The molecule has 1 N–H and O–H groups in total. The molecule has 31 heavy (non-hydrogen) atoms. The number of nitrogens with zero attached hydrogens (tertiary/aromatic N) is 1. The third kappa shape index (κ3) is 3.63. The summed E-state index contributed by atoms with van der Waals surface area (Å²) in [4.78, 5) is 5.21. The average molecular weight is 442 g/mol. The van der Waals surface area contributed by atoms with E-state index in [-0.39, 0.29) is 24.5 Å². The summed E-state index contributed by atoms with van der Waals surface area (Å²) >= 11 is 6.18. The molecule has 0 bridgehead atoms. The van der Waals surface area contributed by atoms with Gasteiger partial charge in [0.2, 0.25) is 0 Å². The standard InChI is InChI=1S/C26H32ClNO2.CH4/c1-15(2)23-21-22(20-18(28-23)13-25(3,4)14-19(20)29)26(11-5-6-12-26)30-24(21)16-7-9-17(27)10-8-16;/h7-10,15,19,24,29H,5-6,11-14H2,1-4H3;1H4/t19-,24+;/m0./s1. The number of rotatable bonds is 2. The highest BCUT2D eigenvalue weighted by Crippen LogP contribution is 2.59. The van der Waals surface area contributed by atoms with Crippen LogP contribution in [-0.2, 0) is 16.8 Å². The molecular formula is C27H36ClNO2. The maximum Gasteiger partial charge on any atom is 0.111 e. The summed E-state index contributed by atoms with van der Waals surface area (Å²) in [6.45, 7) is 8.92. The van der Waals surface area contributed by atoms with Crippen LogP contribution in [0.5, 0.6) is 0 Å². The van der Waals surface area contributed by atoms with Gasteiger partial charge in [-0.2, -0.15) is 0 Å². The molecule has 0 amide bonds. The summed E-state index contributed by atoms with van der Waals surface area (Å²) in [6, 6.07) is 8.04. The minimum Gasteiger partial charge on any atom is -0.388 e. The summed E-state index contributed by atoms with van der Waals surface area (Å²) < 4.78 is 6.97. The second-order valence-electron chi connectivity index (χ2n) is 10.6. The number of aromatic nitrogens is 1. The lowest BCUT2D eigenvalue weighted by molar-refractivity contribution is -0.0580. The second kappa shape index (κ2) is 7.86. The van der Waals surface area contributed by atoms with Gasteiger partial charge in [0.05, 0.1) is 11.7 Å². The van der Waals surface area contributed by atoms with E-state index in [0.29, 0.717) is 5.92 Å². The van der Waals surface area contributed by atoms with Gasteiger partial charge in [0, 0.05) is 27.5 Å². The van der Waals surface area contributed by atoms with E-state index >= 15 is 0 Å². The van der Waals surface area contributed by atoms with Crippen LogP contribution in [-0.4, -0.2) is 10.1 Å². The van der Waals surface area contributed by atoms with Crippen molar-refractivity contribution in [1.29, 1.82) is 0 Å². The van der Waals surface area contributed by atoms with E-state index in [2.05, 4.69) is 39.8 Å². The highest BCUT2D eigenvalue weighted by Gasteiger charge is 2.52. The molecule has 2 atom stereocenters. The van der Waals surface area contributed by atoms with Crippen molar-refractivity contribution in [3.05, 3.63) is 62.9 Å². The predicted octanol–water partition coefficient (Wildman–Crippen LogP) is 7.39. The largest absolute Gasteiger partial charge is 0.388 e. The zero-order valence-corrected chi connectivity index (χ0v) is 19.2. The molecule has 2 heterocycles. The maximum absolute atomic E-state index is 11.3. The van der Waals surface area contributed by atoms with Gasteiger partial charge in [-0.3, -0.25) is 4.98 Å². The Morgan fingerprint density at radius 3 is 2.35 bits per heavy atom. The van der Waals surface area contributed by atoms with Crippen molar-refractivity contribution in [2.75, 3.05) is 0 Å². The van der Waals surface area contributed by atoms with Crippen LogP contribution in [0, 0.1) is 5.41 Å². The van der Waals surface area contributed by atoms with Gasteiger partial charge in [0.1, 0.15) is 6.10 Å². The third-order valence-electron chi connectivity index (χ3n) is 7.30. The Kier molecular flexibility index (Phi) is 5.77. The van der Waals surface area contributed by atoms with Crippen molar-refractivity contribution < 1.29 is 9.84 Å². The lowest BCUT2D eigenvalue weighted by Crippen LogP contribution is -2.32. The van der Waals surface area contributed by atoms with Crippen molar-refractivity contribution in [1.82, 2.24) is 4.98 Å². The number of halogens is 1. The number of aliphatic hydroxyl groups is 1. The van der Waals surface area contributed by atoms with E-state index in [9.17, 15) is 5.11 Å². The number of hydrogen-bond donors (Lipinski definition) is 1. The fourth-order valence-electron chi connectivity index (χ4n) is 6.05. The number of pyridine rings is 1. The highest BCUT2D eigenvalue weighted by atomic mass is 35.5. The molecule has 1 aromatic carbocycles. The normalized spacial score (nSPS) is 25.4. The maximum atomic E-state index is 11.3. The van der Waals surface area contributed by atoms with Gasteiger partial charge in [-0.1, -0.05) is 71.7 Å². The monoisotopic (exact) mass is 441 g/mol. The Balaban J connectivity index is 0.00000231. The minimum absolute atomic E-state index is 0. The SMILES string of the molecule is C.CC(C)c1nc2c(c3c1[C@@H](c1ccc(Cl)cc1)OC31CCCC1)[C@@H](O)CC(C)(C)C2. The number of benzene rings is 1. The quantitative estimate of drug-likeness (QED) is 0.528. The second-order valence-corrected chi connectivity index (χ2v) is 11.0. The van der Waals surface area contributed by atoms with Gasteiger partial charge in [0.15, 0.2) is 0 Å². The summed E-state index contributed by atoms with van der Waals surface area (Å²) in [5.41, 5.74) is 6.68. The van der Waals surface area contributed by atoms with E-state index in [1.54, 1.807) is 0 Å². The van der Waals surface area contributed by atoms with Crippen molar-refractivity contribution in [3.8, 4) is 0 Å². The molecule has 1 saturated carbocycles. The Bertz CT molecular complexity index is 974. The van der Waals surface area contributed by atoms with Crippen molar-refractivity contribution in [2.45, 2.75) is 97.4 Å². The number of ether oxygens (including phenoxy) is 1. The zero-order valence-electron chi connectivity index (χ0n) is 18.5. The molecular weight excluding hydrogens is 406 g/mol. The summed E-state index contributed by atoms with van der Waals surface area (Å²) in [6.07, 6.45) is 5.45. The molecule has 4 heteroatoms. The van der Waals surface area contributed by atoms with Gasteiger partial charge in [-0.25, -0.2) is 0 Å². The Labute approximate surface area is 192 Å². The van der Waals surface area contributed by atoms with Crippen LogP contribution in [0.2, 0.25) is 5.02 Å². The highest BCUT2D eigenvalue weighted by molar-refractivity contribution is 6.30. The fourth-order valence-corrected chi connectivity index (χ4v) is 6.18. The van der Waals surface area contributed by atoms with Crippen molar-refractivity contribution in [3.63, 3.8) is 0 Å². The molecule has 1 spiro atoms. The van der Waals surface area contributed by atoms with E-state index in [0.717, 1.165) is 53.2 Å². The average Bonchev–Trinajstić information content (AvgIpc) is 3.26. The van der Waals surface area contributed by atoms with Crippen LogP contribution >= 0.6 is 11.6 Å². The van der Waals surface area contributed by atoms with Gasteiger partial charge in [-0.15, -0.1) is 0 Å². The number of aliphatic hydroxyl groups excluding tert-OH is 1. The van der Waals surface area contributed by atoms with E-state index in [1.807, 2.05) is 12.1 Å². The first-order valence-electron chi connectivity index (χ1n) is 11.4. The molecule has 0 saturated heterocycles. The lowest BCUT2D eigenvalue weighted by atomic mass is 9.70. The summed E-state index contributed by atoms with van der Waals surface area (Å²) in [5, 5.41) is 12.0. The van der Waals surface area contributed by atoms with Gasteiger partial charge in [-0.05, 0) is 60.3 Å². The molecule has 1 aromatic heterocycles. The smallest absolute Gasteiger partial charge is 0.111 e. The molecule has 3 aliphatic rings. The van der Waals surface area contributed by atoms with Gasteiger partial charge < -0.3 is 9.84 Å². The molecule has 0 radical (unpaired) electrons. The van der Waals surface area contributed by atoms with Crippen LogP contribution in [0.1, 0.15) is 119 Å². The van der Waals surface area contributed by atoms with Crippen LogP contribution in [0.4, 0.5) is 0 Å². The first-order chi connectivity index (χ1) is 14.2. The molecule has 0 unspecified atom stereocenters. The van der Waals surface area contributed by atoms with Gasteiger partial charge in [0.25, 0.3) is 0 Å². The Hall–Kier alpha value is -1.42.